The number of carbonyl (C=O) groups is 1. The van der Waals surface area contributed by atoms with E-state index in [4.69, 9.17) is 5.73 Å². The zero-order chi connectivity index (χ0) is 15.3. The Morgan fingerprint density at radius 3 is 1.95 bits per heavy atom. The SMILES string of the molecule is CCC(N)(CC)C(=O)NC(C)c1ccc(C(C)C)cc1. The van der Waals surface area contributed by atoms with Gasteiger partial charge >= 0.3 is 0 Å². The Bertz CT molecular complexity index is 433. The van der Waals surface area contributed by atoms with E-state index in [1.54, 1.807) is 0 Å². The van der Waals surface area contributed by atoms with Crippen LogP contribution >= 0.6 is 0 Å². The molecule has 3 nitrogen and oxygen atoms in total. The van der Waals surface area contributed by atoms with Gasteiger partial charge in [-0.2, -0.15) is 0 Å². The fourth-order valence-electron chi connectivity index (χ4n) is 2.16. The second-order valence-electron chi connectivity index (χ2n) is 5.88. The summed E-state index contributed by atoms with van der Waals surface area (Å²) in [6.45, 7) is 10.2. The van der Waals surface area contributed by atoms with Crippen molar-refractivity contribution < 1.29 is 4.79 Å². The molecule has 1 aromatic rings. The first-order chi connectivity index (χ1) is 9.34. The first-order valence-corrected chi connectivity index (χ1v) is 7.53. The summed E-state index contributed by atoms with van der Waals surface area (Å²) in [6, 6.07) is 8.38. The molecule has 0 saturated heterocycles. The molecule has 0 fully saturated rings. The van der Waals surface area contributed by atoms with Crippen molar-refractivity contribution in [3.05, 3.63) is 35.4 Å². The lowest BCUT2D eigenvalue weighted by atomic mass is 9.92. The molecule has 0 saturated carbocycles. The van der Waals surface area contributed by atoms with Crippen molar-refractivity contribution in [3.8, 4) is 0 Å². The molecule has 0 spiro atoms. The molecular weight excluding hydrogens is 248 g/mol. The van der Waals surface area contributed by atoms with Crippen LogP contribution in [0.1, 0.15) is 70.5 Å². The quantitative estimate of drug-likeness (QED) is 0.835. The number of nitrogens with two attached hydrogens (primary N) is 1. The minimum Gasteiger partial charge on any atom is -0.348 e. The summed E-state index contributed by atoms with van der Waals surface area (Å²) in [5, 5.41) is 3.02. The topological polar surface area (TPSA) is 55.1 Å². The smallest absolute Gasteiger partial charge is 0.240 e. The van der Waals surface area contributed by atoms with Crippen LogP contribution in [0.2, 0.25) is 0 Å². The van der Waals surface area contributed by atoms with Crippen LogP contribution in [0.4, 0.5) is 0 Å². The standard InChI is InChI=1S/C17H28N2O/c1-6-17(18,7-2)16(20)19-13(5)15-10-8-14(9-11-15)12(3)4/h8-13H,6-7,18H2,1-5H3,(H,19,20). The fourth-order valence-corrected chi connectivity index (χ4v) is 2.16. The van der Waals surface area contributed by atoms with Gasteiger partial charge in [-0.3, -0.25) is 4.79 Å². The van der Waals surface area contributed by atoms with Gasteiger partial charge in [0, 0.05) is 0 Å². The molecule has 1 atom stereocenters. The van der Waals surface area contributed by atoms with Crippen LogP contribution in [0.3, 0.4) is 0 Å². The highest BCUT2D eigenvalue weighted by molar-refractivity contribution is 5.86. The van der Waals surface area contributed by atoms with Crippen molar-refractivity contribution in [1.82, 2.24) is 5.32 Å². The van der Waals surface area contributed by atoms with Crippen molar-refractivity contribution in [2.24, 2.45) is 5.73 Å². The van der Waals surface area contributed by atoms with Crippen molar-refractivity contribution in [1.29, 1.82) is 0 Å². The number of nitrogens with one attached hydrogen (secondary N) is 1. The van der Waals surface area contributed by atoms with Crippen LogP contribution in [-0.4, -0.2) is 11.4 Å². The maximum Gasteiger partial charge on any atom is 0.240 e. The van der Waals surface area contributed by atoms with E-state index < -0.39 is 5.54 Å². The molecule has 0 bridgehead atoms. The van der Waals surface area contributed by atoms with Crippen molar-refractivity contribution in [2.45, 2.75) is 65.0 Å². The molecule has 0 aliphatic rings. The van der Waals surface area contributed by atoms with Gasteiger partial charge in [0.15, 0.2) is 0 Å². The van der Waals surface area contributed by atoms with Crippen LogP contribution in [0.25, 0.3) is 0 Å². The second kappa shape index (κ2) is 6.89. The molecule has 20 heavy (non-hydrogen) atoms. The third-order valence-corrected chi connectivity index (χ3v) is 4.16. The summed E-state index contributed by atoms with van der Waals surface area (Å²) in [5.74, 6) is 0.453. The molecule has 0 aliphatic carbocycles. The lowest BCUT2D eigenvalue weighted by Gasteiger charge is -2.27. The van der Waals surface area contributed by atoms with E-state index in [-0.39, 0.29) is 11.9 Å². The third-order valence-electron chi connectivity index (χ3n) is 4.16. The largest absolute Gasteiger partial charge is 0.348 e. The molecule has 112 valence electrons. The molecule has 0 aromatic heterocycles. The summed E-state index contributed by atoms with van der Waals surface area (Å²) in [6.07, 6.45) is 1.29. The molecule has 0 radical (unpaired) electrons. The number of benzene rings is 1. The molecule has 0 aliphatic heterocycles. The molecule has 1 rings (SSSR count). The Balaban J connectivity index is 2.76. The Morgan fingerprint density at radius 1 is 1.10 bits per heavy atom. The summed E-state index contributed by atoms with van der Waals surface area (Å²) in [5.41, 5.74) is 7.78. The van der Waals surface area contributed by atoms with Crippen LogP contribution in [0.5, 0.6) is 0 Å². The van der Waals surface area contributed by atoms with Gasteiger partial charge in [-0.05, 0) is 36.8 Å². The molecular formula is C17H28N2O. The number of amides is 1. The van der Waals surface area contributed by atoms with Crippen molar-refractivity contribution in [2.75, 3.05) is 0 Å². The van der Waals surface area contributed by atoms with Gasteiger partial charge in [0.05, 0.1) is 11.6 Å². The monoisotopic (exact) mass is 276 g/mol. The average molecular weight is 276 g/mol. The highest BCUT2D eigenvalue weighted by Crippen LogP contribution is 2.20. The number of rotatable bonds is 6. The summed E-state index contributed by atoms with van der Waals surface area (Å²) in [4.78, 5) is 12.2. The Labute approximate surface area is 122 Å². The first kappa shape index (κ1) is 16.7. The minimum absolute atomic E-state index is 0.0234. The van der Waals surface area contributed by atoms with Crippen LogP contribution < -0.4 is 11.1 Å². The molecule has 3 N–H and O–H groups in total. The highest BCUT2D eigenvalue weighted by Gasteiger charge is 2.30. The van der Waals surface area contributed by atoms with E-state index in [0.29, 0.717) is 18.8 Å². The van der Waals surface area contributed by atoms with E-state index >= 15 is 0 Å². The number of hydrogen-bond acceptors (Lipinski definition) is 2. The lowest BCUT2D eigenvalue weighted by Crippen LogP contribution is -2.53. The summed E-state index contributed by atoms with van der Waals surface area (Å²) < 4.78 is 0. The second-order valence-corrected chi connectivity index (χ2v) is 5.88. The Hall–Kier alpha value is -1.35. The van der Waals surface area contributed by atoms with Gasteiger partial charge in [0.25, 0.3) is 0 Å². The Morgan fingerprint density at radius 2 is 1.55 bits per heavy atom. The van der Waals surface area contributed by atoms with E-state index in [2.05, 4.69) is 43.4 Å². The molecule has 1 unspecified atom stereocenters. The van der Waals surface area contributed by atoms with Crippen LogP contribution in [0, 0.1) is 0 Å². The average Bonchev–Trinajstić information content (AvgIpc) is 2.46. The van der Waals surface area contributed by atoms with Gasteiger partial charge < -0.3 is 11.1 Å². The van der Waals surface area contributed by atoms with E-state index in [1.807, 2.05) is 20.8 Å². The van der Waals surface area contributed by atoms with E-state index in [1.165, 1.54) is 5.56 Å². The van der Waals surface area contributed by atoms with Gasteiger partial charge in [-0.25, -0.2) is 0 Å². The third kappa shape index (κ3) is 3.83. The van der Waals surface area contributed by atoms with Gasteiger partial charge in [-0.1, -0.05) is 52.0 Å². The molecule has 3 heteroatoms. The summed E-state index contributed by atoms with van der Waals surface area (Å²) >= 11 is 0. The molecule has 1 aromatic carbocycles. The summed E-state index contributed by atoms with van der Waals surface area (Å²) in [7, 11) is 0. The van der Waals surface area contributed by atoms with Crippen LogP contribution in [-0.2, 0) is 4.79 Å². The number of carbonyl (C=O) groups excluding carboxylic acids is 1. The van der Waals surface area contributed by atoms with Gasteiger partial charge in [0.2, 0.25) is 5.91 Å². The molecule has 0 heterocycles. The predicted octanol–water partition coefficient (Wildman–Crippen LogP) is 3.50. The minimum atomic E-state index is -0.758. The fraction of sp³-hybridized carbons (Fsp3) is 0.588. The van der Waals surface area contributed by atoms with E-state index in [0.717, 1.165) is 5.56 Å². The van der Waals surface area contributed by atoms with E-state index in [9.17, 15) is 4.79 Å². The zero-order valence-electron chi connectivity index (χ0n) is 13.4. The predicted molar refractivity (Wildman–Crippen MR) is 84.6 cm³/mol. The van der Waals surface area contributed by atoms with Crippen molar-refractivity contribution >= 4 is 5.91 Å². The maximum absolute atomic E-state index is 12.2. The Kier molecular flexibility index (Phi) is 5.75. The molecule has 1 amide bonds. The zero-order valence-corrected chi connectivity index (χ0v) is 13.4. The first-order valence-electron chi connectivity index (χ1n) is 7.53. The number of hydrogen-bond donors (Lipinski definition) is 2. The van der Waals surface area contributed by atoms with Gasteiger partial charge in [0.1, 0.15) is 0 Å². The lowest BCUT2D eigenvalue weighted by molar-refractivity contribution is -0.127. The normalized spacial score (nSPS) is 13.3. The highest BCUT2D eigenvalue weighted by atomic mass is 16.2. The van der Waals surface area contributed by atoms with Crippen molar-refractivity contribution in [3.63, 3.8) is 0 Å². The van der Waals surface area contributed by atoms with Crippen LogP contribution in [0.15, 0.2) is 24.3 Å². The van der Waals surface area contributed by atoms with Gasteiger partial charge in [-0.15, -0.1) is 0 Å². The maximum atomic E-state index is 12.2.